The summed E-state index contributed by atoms with van der Waals surface area (Å²) >= 11 is 1.18. The molecule has 0 saturated carbocycles. The molecule has 148 valence electrons. The van der Waals surface area contributed by atoms with E-state index in [1.54, 1.807) is 0 Å². The Bertz CT molecular complexity index is 724. The Balaban J connectivity index is 1.71. The van der Waals surface area contributed by atoms with E-state index in [-0.39, 0.29) is 30.2 Å². The van der Waals surface area contributed by atoms with Crippen LogP contribution in [0.5, 0.6) is 5.75 Å². The molecule has 0 bridgehead atoms. The largest absolute Gasteiger partial charge is 0.486 e. The molecule has 8 nitrogen and oxygen atoms in total. The Hall–Kier alpha value is -2.33. The molecule has 0 aliphatic rings. The molecule has 1 aromatic heterocycles. The lowest BCUT2D eigenvalue weighted by Gasteiger charge is -2.08. The van der Waals surface area contributed by atoms with Crippen LogP contribution < -0.4 is 15.9 Å². The first-order chi connectivity index (χ1) is 13.0. The number of halogens is 1. The number of rotatable bonds is 11. The molecule has 10 heteroatoms. The smallest absolute Gasteiger partial charge is 0.230 e. The van der Waals surface area contributed by atoms with E-state index in [0.29, 0.717) is 29.9 Å². The molecule has 0 atom stereocenters. The molecule has 0 saturated heterocycles. The second kappa shape index (κ2) is 10.7. The number of hydrogen-bond donors (Lipinski definition) is 2. The van der Waals surface area contributed by atoms with Crippen molar-refractivity contribution in [1.29, 1.82) is 0 Å². The van der Waals surface area contributed by atoms with Gasteiger partial charge in [0.15, 0.2) is 5.82 Å². The number of amides is 1. The molecule has 3 N–H and O–H groups in total. The van der Waals surface area contributed by atoms with Crippen molar-refractivity contribution in [3.05, 3.63) is 35.9 Å². The summed E-state index contributed by atoms with van der Waals surface area (Å²) in [6.45, 7) is 5.18. The van der Waals surface area contributed by atoms with Crippen LogP contribution in [0.4, 0.5) is 4.39 Å². The first-order valence-corrected chi connectivity index (χ1v) is 9.53. The van der Waals surface area contributed by atoms with Crippen molar-refractivity contribution in [2.24, 2.45) is 0 Å². The van der Waals surface area contributed by atoms with Gasteiger partial charge in [0, 0.05) is 13.2 Å². The number of nitrogens with zero attached hydrogens (tertiary/aromatic N) is 3. The van der Waals surface area contributed by atoms with E-state index in [1.807, 2.05) is 13.8 Å². The molecule has 0 radical (unpaired) electrons. The van der Waals surface area contributed by atoms with Gasteiger partial charge in [-0.2, -0.15) is 0 Å². The highest BCUT2D eigenvalue weighted by Gasteiger charge is 2.13. The Morgan fingerprint density at radius 1 is 1.33 bits per heavy atom. The van der Waals surface area contributed by atoms with Gasteiger partial charge in [-0.1, -0.05) is 11.8 Å². The lowest BCUT2D eigenvalue weighted by molar-refractivity contribution is -0.118. The van der Waals surface area contributed by atoms with Crippen LogP contribution >= 0.6 is 11.8 Å². The lowest BCUT2D eigenvalue weighted by Crippen LogP contribution is -2.27. The van der Waals surface area contributed by atoms with E-state index < -0.39 is 0 Å². The van der Waals surface area contributed by atoms with E-state index in [9.17, 15) is 9.18 Å². The fourth-order valence-electron chi connectivity index (χ4n) is 1.98. The first-order valence-electron chi connectivity index (χ1n) is 8.54. The third-order valence-corrected chi connectivity index (χ3v) is 4.29. The van der Waals surface area contributed by atoms with Crippen molar-refractivity contribution >= 4 is 17.7 Å². The molecule has 0 spiro atoms. The number of ether oxygens (including phenoxy) is 2. The number of nitrogens with one attached hydrogen (secondary N) is 1. The number of thioether (sulfide) groups is 1. The summed E-state index contributed by atoms with van der Waals surface area (Å²) in [5.74, 6) is 6.55. The third kappa shape index (κ3) is 7.43. The number of aromatic nitrogens is 3. The number of nitrogen functional groups attached to an aromatic ring is 1. The maximum atomic E-state index is 12.9. The molecule has 2 aromatic rings. The van der Waals surface area contributed by atoms with Gasteiger partial charge in [0.2, 0.25) is 11.1 Å². The van der Waals surface area contributed by atoms with Crippen molar-refractivity contribution in [2.45, 2.75) is 38.1 Å². The predicted octanol–water partition coefficient (Wildman–Crippen LogP) is 1.73. The Kier molecular flexibility index (Phi) is 8.34. The minimum absolute atomic E-state index is 0.0811. The summed E-state index contributed by atoms with van der Waals surface area (Å²) in [5, 5.41) is 11.1. The minimum atomic E-state index is -0.339. The van der Waals surface area contributed by atoms with Crippen LogP contribution in [0.25, 0.3) is 0 Å². The second-order valence-corrected chi connectivity index (χ2v) is 6.87. The molecule has 0 unspecified atom stereocenters. The van der Waals surface area contributed by atoms with E-state index in [1.165, 1.54) is 40.7 Å². The van der Waals surface area contributed by atoms with Gasteiger partial charge < -0.3 is 20.6 Å². The number of benzene rings is 1. The standard InChI is InChI=1S/C17H24FN5O3S/c1-12(2)25-9-3-8-20-16(24)11-27-17-22-21-15(23(17)19)10-26-14-6-4-13(18)5-7-14/h4-7,12H,3,8-11,19H2,1-2H3,(H,20,24). The van der Waals surface area contributed by atoms with Gasteiger partial charge in [0.05, 0.1) is 11.9 Å². The zero-order valence-corrected chi connectivity index (χ0v) is 16.2. The second-order valence-electron chi connectivity index (χ2n) is 5.92. The number of carbonyl (C=O) groups is 1. The van der Waals surface area contributed by atoms with E-state index in [2.05, 4.69) is 15.5 Å². The minimum Gasteiger partial charge on any atom is -0.486 e. The van der Waals surface area contributed by atoms with Crippen molar-refractivity contribution in [3.8, 4) is 5.75 Å². The number of nitrogens with two attached hydrogens (primary N) is 1. The van der Waals surface area contributed by atoms with Crippen molar-refractivity contribution in [3.63, 3.8) is 0 Å². The van der Waals surface area contributed by atoms with E-state index >= 15 is 0 Å². The summed E-state index contributed by atoms with van der Waals surface area (Å²) in [6.07, 6.45) is 0.945. The highest BCUT2D eigenvalue weighted by Crippen LogP contribution is 2.16. The Morgan fingerprint density at radius 2 is 2.07 bits per heavy atom. The highest BCUT2D eigenvalue weighted by molar-refractivity contribution is 7.99. The topological polar surface area (TPSA) is 104 Å². The van der Waals surface area contributed by atoms with Crippen LogP contribution in [-0.2, 0) is 16.1 Å². The first kappa shape index (κ1) is 21.0. The van der Waals surface area contributed by atoms with Crippen LogP contribution in [0, 0.1) is 5.82 Å². The van der Waals surface area contributed by atoms with Gasteiger partial charge in [-0.05, 0) is 44.5 Å². The zero-order chi connectivity index (χ0) is 19.6. The summed E-state index contributed by atoms with van der Waals surface area (Å²) in [5.41, 5.74) is 0. The molecule has 1 amide bonds. The maximum Gasteiger partial charge on any atom is 0.230 e. The van der Waals surface area contributed by atoms with Gasteiger partial charge >= 0.3 is 0 Å². The van der Waals surface area contributed by atoms with Crippen molar-refractivity contribution in [2.75, 3.05) is 24.7 Å². The summed E-state index contributed by atoms with van der Waals surface area (Å²) in [4.78, 5) is 11.8. The van der Waals surface area contributed by atoms with Crippen LogP contribution in [-0.4, -0.2) is 45.8 Å². The average molecular weight is 397 g/mol. The predicted molar refractivity (Wildman–Crippen MR) is 100 cm³/mol. The summed E-state index contributed by atoms with van der Waals surface area (Å²) in [7, 11) is 0. The SMILES string of the molecule is CC(C)OCCCNC(=O)CSc1nnc(COc2ccc(F)cc2)n1N. The quantitative estimate of drug-likeness (QED) is 0.338. The van der Waals surface area contributed by atoms with Gasteiger partial charge in [-0.25, -0.2) is 9.07 Å². The van der Waals surface area contributed by atoms with E-state index in [0.717, 1.165) is 6.42 Å². The van der Waals surface area contributed by atoms with Crippen LogP contribution in [0.15, 0.2) is 29.4 Å². The molecule has 27 heavy (non-hydrogen) atoms. The van der Waals surface area contributed by atoms with Gasteiger partial charge in [-0.15, -0.1) is 10.2 Å². The molecule has 0 fully saturated rings. The molecule has 1 aromatic carbocycles. The normalized spacial score (nSPS) is 11.0. The van der Waals surface area contributed by atoms with Crippen LogP contribution in [0.1, 0.15) is 26.1 Å². The fraction of sp³-hybridized carbons (Fsp3) is 0.471. The molecular formula is C17H24FN5O3S. The number of hydrogen-bond acceptors (Lipinski definition) is 7. The van der Waals surface area contributed by atoms with Gasteiger partial charge in [0.25, 0.3) is 0 Å². The monoisotopic (exact) mass is 397 g/mol. The van der Waals surface area contributed by atoms with Crippen LogP contribution in [0.2, 0.25) is 0 Å². The van der Waals surface area contributed by atoms with Crippen molar-refractivity contribution < 1.29 is 18.7 Å². The van der Waals surface area contributed by atoms with Crippen molar-refractivity contribution in [1.82, 2.24) is 20.2 Å². The summed E-state index contributed by atoms with van der Waals surface area (Å²) in [6, 6.07) is 5.63. The fourth-order valence-corrected chi connectivity index (χ4v) is 2.69. The Morgan fingerprint density at radius 3 is 2.78 bits per heavy atom. The molecule has 0 aliphatic carbocycles. The van der Waals surface area contributed by atoms with Gasteiger partial charge in [-0.3, -0.25) is 4.79 Å². The molecule has 2 rings (SSSR count). The molecule has 0 aliphatic heterocycles. The molecular weight excluding hydrogens is 373 g/mol. The third-order valence-electron chi connectivity index (χ3n) is 3.34. The highest BCUT2D eigenvalue weighted by atomic mass is 32.2. The van der Waals surface area contributed by atoms with E-state index in [4.69, 9.17) is 15.3 Å². The zero-order valence-electron chi connectivity index (χ0n) is 15.4. The summed E-state index contributed by atoms with van der Waals surface area (Å²) < 4.78 is 25.0. The van der Waals surface area contributed by atoms with Crippen LogP contribution in [0.3, 0.4) is 0 Å². The maximum absolute atomic E-state index is 12.9. The lowest BCUT2D eigenvalue weighted by atomic mass is 10.3. The number of carbonyl (C=O) groups excluding carboxylic acids is 1. The van der Waals surface area contributed by atoms with Gasteiger partial charge in [0.1, 0.15) is 18.2 Å². The molecule has 1 heterocycles. The average Bonchev–Trinajstić information content (AvgIpc) is 2.99. The Labute approximate surface area is 161 Å².